The average molecular weight is 559 g/mol. The maximum atomic E-state index is 17.1. The summed E-state index contributed by atoms with van der Waals surface area (Å²) >= 11 is 1.54. The van der Waals surface area contributed by atoms with Gasteiger partial charge in [-0.2, -0.15) is 0 Å². The first-order chi connectivity index (χ1) is 18.7. The molecule has 1 aromatic rings. The van der Waals surface area contributed by atoms with Crippen molar-refractivity contribution >= 4 is 28.8 Å². The number of fused-ring (bicyclic) bond motifs is 1. The largest absolute Gasteiger partial charge is 0.350 e. The highest BCUT2D eigenvalue weighted by Crippen LogP contribution is 2.40. The normalized spacial score (nSPS) is 33.2. The number of hydrogen-bond donors (Lipinski definition) is 3. The summed E-state index contributed by atoms with van der Waals surface area (Å²) < 4.78 is 17.1. The molecule has 3 unspecified atom stereocenters. The summed E-state index contributed by atoms with van der Waals surface area (Å²) in [6.45, 7) is 11.2. The zero-order valence-electron chi connectivity index (χ0n) is 23.8. The number of thiazole rings is 1. The van der Waals surface area contributed by atoms with Gasteiger partial charge in [0.25, 0.3) is 0 Å². The number of rotatable bonds is 8. The first-order valence-electron chi connectivity index (χ1n) is 14.7. The fraction of sp³-hybridized carbons (Fsp3) is 0.786. The Morgan fingerprint density at radius 2 is 1.92 bits per heavy atom. The van der Waals surface area contributed by atoms with Crippen LogP contribution in [0, 0.1) is 31.6 Å². The van der Waals surface area contributed by atoms with Crippen LogP contribution in [0.5, 0.6) is 0 Å². The molecule has 0 saturated heterocycles. The first kappa shape index (κ1) is 27.1. The summed E-state index contributed by atoms with van der Waals surface area (Å²) in [5, 5.41) is 8.37. The van der Waals surface area contributed by atoms with Crippen molar-refractivity contribution in [3.63, 3.8) is 0 Å². The molecule has 2 fully saturated rings. The third-order valence-electron chi connectivity index (χ3n) is 9.43. The number of aryl methyl sites for hydroxylation is 2. The van der Waals surface area contributed by atoms with Gasteiger partial charge >= 0.3 is 0 Å². The number of amidine groups is 3. The second-order valence-corrected chi connectivity index (χ2v) is 13.8. The fourth-order valence-electron chi connectivity index (χ4n) is 6.88. The number of hydroxylamine groups is 1. The predicted octanol–water partition coefficient (Wildman–Crippen LogP) is 4.18. The van der Waals surface area contributed by atoms with E-state index in [4.69, 9.17) is 14.8 Å². The van der Waals surface area contributed by atoms with Gasteiger partial charge in [0.1, 0.15) is 18.0 Å². The van der Waals surface area contributed by atoms with Crippen LogP contribution in [-0.2, 0) is 10.5 Å². The number of aliphatic imine (C=N–C) groups is 3. The fourth-order valence-corrected chi connectivity index (χ4v) is 7.79. The third-order valence-corrected chi connectivity index (χ3v) is 10.3. The lowest BCUT2D eigenvalue weighted by atomic mass is 9.80. The van der Waals surface area contributed by atoms with Crippen molar-refractivity contribution < 1.29 is 9.23 Å². The van der Waals surface area contributed by atoms with Crippen LogP contribution in [-0.4, -0.2) is 65.1 Å². The lowest BCUT2D eigenvalue weighted by Gasteiger charge is -2.44. The van der Waals surface area contributed by atoms with Crippen molar-refractivity contribution in [1.82, 2.24) is 26.0 Å². The van der Waals surface area contributed by atoms with Crippen LogP contribution in [0.2, 0.25) is 0 Å². The smallest absolute Gasteiger partial charge is 0.207 e. The van der Waals surface area contributed by atoms with E-state index in [0.717, 1.165) is 35.2 Å². The molecule has 0 amide bonds. The Kier molecular flexibility index (Phi) is 7.43. The van der Waals surface area contributed by atoms with Gasteiger partial charge in [0, 0.05) is 17.5 Å². The summed E-state index contributed by atoms with van der Waals surface area (Å²) in [6, 6.07) is 0.177. The number of nitrogens with one attached hydrogen (secondary N) is 3. The SMILES string of the molecule is Cc1nc(C(C)(F)C2=NC3N=C(C4=NCON4)NC(N[C@H](C)C4CCC4)[C@@H]3N2CC2CCC(C)CC2)c(C)s1. The standard InChI is InChI=1S/C28H43FN8OS/c1-15-9-11-19(12-10-15)13-37-21-23(31-16(2)20-7-6-8-20)33-26(25-30-14-38-36-25)34-24(21)35-27(37)28(5,29)22-17(3)39-18(4)32-22/h15-16,19-21,23-24,31H,6-14H2,1-5H3,(H,30,36)(H,33,34)/t15?,16-,19?,21+,23?,24?,28?/m1/s1. The zero-order chi connectivity index (χ0) is 27.3. The number of halogens is 1. The lowest BCUT2D eigenvalue weighted by Crippen LogP contribution is -2.67. The Bertz CT molecular complexity index is 1150. The molecule has 0 bridgehead atoms. The second-order valence-electron chi connectivity index (χ2n) is 12.4. The van der Waals surface area contributed by atoms with Crippen molar-refractivity contribution in [3.8, 4) is 0 Å². The van der Waals surface area contributed by atoms with E-state index in [0.29, 0.717) is 41.1 Å². The molecule has 214 valence electrons. The molecule has 0 radical (unpaired) electrons. The molecule has 2 saturated carbocycles. The quantitative estimate of drug-likeness (QED) is 0.443. The van der Waals surface area contributed by atoms with Gasteiger partial charge in [-0.15, -0.1) is 11.3 Å². The van der Waals surface area contributed by atoms with Gasteiger partial charge < -0.3 is 10.2 Å². The van der Waals surface area contributed by atoms with E-state index in [2.05, 4.69) is 44.8 Å². The van der Waals surface area contributed by atoms with Crippen LogP contribution in [0.25, 0.3) is 0 Å². The minimum Gasteiger partial charge on any atom is -0.350 e. The Morgan fingerprint density at radius 3 is 2.54 bits per heavy atom. The summed E-state index contributed by atoms with van der Waals surface area (Å²) in [7, 11) is 0. The van der Waals surface area contributed by atoms with E-state index < -0.39 is 11.8 Å². The van der Waals surface area contributed by atoms with E-state index in [1.807, 2.05) is 13.8 Å². The van der Waals surface area contributed by atoms with Gasteiger partial charge in [-0.1, -0.05) is 26.2 Å². The Labute approximate surface area is 235 Å². The molecule has 5 atom stereocenters. The van der Waals surface area contributed by atoms with Crippen molar-refractivity contribution in [3.05, 3.63) is 15.6 Å². The van der Waals surface area contributed by atoms with Gasteiger partial charge in [-0.25, -0.2) is 29.8 Å². The topological polar surface area (TPSA) is 98.5 Å². The molecule has 39 heavy (non-hydrogen) atoms. The highest BCUT2D eigenvalue weighted by atomic mass is 32.1. The van der Waals surface area contributed by atoms with Gasteiger partial charge in [0.15, 0.2) is 24.6 Å². The maximum absolute atomic E-state index is 17.1. The molecule has 6 rings (SSSR count). The van der Waals surface area contributed by atoms with Crippen LogP contribution in [0.1, 0.15) is 81.3 Å². The number of alkyl halides is 1. The molecule has 3 N–H and O–H groups in total. The highest BCUT2D eigenvalue weighted by Gasteiger charge is 2.52. The maximum Gasteiger partial charge on any atom is 0.207 e. The third kappa shape index (κ3) is 5.22. The Hall–Kier alpha value is -2.11. The van der Waals surface area contributed by atoms with Crippen molar-refractivity contribution in [1.29, 1.82) is 0 Å². The predicted molar refractivity (Wildman–Crippen MR) is 154 cm³/mol. The highest BCUT2D eigenvalue weighted by molar-refractivity contribution is 7.11. The van der Waals surface area contributed by atoms with Crippen LogP contribution in [0.15, 0.2) is 15.0 Å². The van der Waals surface area contributed by atoms with Crippen LogP contribution >= 0.6 is 11.3 Å². The van der Waals surface area contributed by atoms with E-state index in [-0.39, 0.29) is 18.9 Å². The minimum atomic E-state index is -1.82. The monoisotopic (exact) mass is 558 g/mol. The van der Waals surface area contributed by atoms with Crippen LogP contribution < -0.4 is 16.1 Å². The molecule has 2 aliphatic carbocycles. The van der Waals surface area contributed by atoms with Gasteiger partial charge in [-0.3, -0.25) is 10.2 Å². The molecule has 4 heterocycles. The molecule has 3 aliphatic heterocycles. The molecular formula is C28H43FN8OS. The molecule has 5 aliphatic rings. The summed E-state index contributed by atoms with van der Waals surface area (Å²) in [5.41, 5.74) is 1.52. The van der Waals surface area contributed by atoms with Crippen molar-refractivity contribution in [2.45, 2.75) is 110 Å². The Balaban J connectivity index is 1.37. The van der Waals surface area contributed by atoms with E-state index in [9.17, 15) is 0 Å². The molecular weight excluding hydrogens is 515 g/mol. The zero-order valence-corrected chi connectivity index (χ0v) is 24.7. The van der Waals surface area contributed by atoms with Crippen molar-refractivity contribution in [2.24, 2.45) is 32.7 Å². The van der Waals surface area contributed by atoms with E-state index in [1.54, 1.807) is 18.3 Å². The van der Waals surface area contributed by atoms with E-state index >= 15 is 4.39 Å². The lowest BCUT2D eigenvalue weighted by molar-refractivity contribution is 0.115. The summed E-state index contributed by atoms with van der Waals surface area (Å²) in [4.78, 5) is 27.5. The molecule has 11 heteroatoms. The van der Waals surface area contributed by atoms with Crippen LogP contribution in [0.3, 0.4) is 0 Å². The Morgan fingerprint density at radius 1 is 1.15 bits per heavy atom. The number of aromatic nitrogens is 1. The number of nitrogens with zero attached hydrogens (tertiary/aromatic N) is 5. The summed E-state index contributed by atoms with van der Waals surface area (Å²) in [6.07, 6.45) is 7.94. The van der Waals surface area contributed by atoms with Crippen LogP contribution in [0.4, 0.5) is 4.39 Å². The molecule has 1 aromatic heterocycles. The first-order valence-corrected chi connectivity index (χ1v) is 15.5. The number of hydrogen-bond acceptors (Lipinski definition) is 10. The minimum absolute atomic E-state index is 0.149. The van der Waals surface area contributed by atoms with Crippen molar-refractivity contribution in [2.75, 3.05) is 13.3 Å². The average Bonchev–Trinajstić information content (AvgIpc) is 3.59. The van der Waals surface area contributed by atoms with E-state index in [1.165, 1.54) is 32.1 Å². The summed E-state index contributed by atoms with van der Waals surface area (Å²) in [5.74, 6) is 3.56. The van der Waals surface area contributed by atoms with Gasteiger partial charge in [0.05, 0.1) is 10.7 Å². The van der Waals surface area contributed by atoms with Gasteiger partial charge in [-0.05, 0) is 71.1 Å². The molecule has 0 aromatic carbocycles. The second kappa shape index (κ2) is 10.7. The van der Waals surface area contributed by atoms with Gasteiger partial charge in [0.2, 0.25) is 5.67 Å². The molecule has 0 spiro atoms. The molecule has 9 nitrogen and oxygen atoms in total.